The zero-order chi connectivity index (χ0) is 15.1. The SMILES string of the molecule is Cn1c(=O)oc2cc(C(N)c3ccc(F)cc3F)ccc21. The Morgan fingerprint density at radius 2 is 1.95 bits per heavy atom. The Kier molecular flexibility index (Phi) is 3.10. The van der Waals surface area contributed by atoms with Crippen LogP contribution in [0.5, 0.6) is 0 Å². The van der Waals surface area contributed by atoms with Gasteiger partial charge in [0, 0.05) is 18.7 Å². The lowest BCUT2D eigenvalue weighted by Crippen LogP contribution is -2.13. The van der Waals surface area contributed by atoms with Crippen LogP contribution in [0.15, 0.2) is 45.6 Å². The number of aromatic nitrogens is 1. The summed E-state index contributed by atoms with van der Waals surface area (Å²) in [7, 11) is 1.59. The van der Waals surface area contributed by atoms with E-state index in [-0.39, 0.29) is 5.56 Å². The van der Waals surface area contributed by atoms with Crippen LogP contribution in [-0.4, -0.2) is 4.57 Å². The van der Waals surface area contributed by atoms with Crippen molar-refractivity contribution in [3.63, 3.8) is 0 Å². The molecule has 2 aromatic carbocycles. The number of benzene rings is 2. The Morgan fingerprint density at radius 1 is 1.19 bits per heavy atom. The van der Waals surface area contributed by atoms with Crippen LogP contribution in [-0.2, 0) is 7.05 Å². The van der Waals surface area contributed by atoms with Gasteiger partial charge in [-0.2, -0.15) is 0 Å². The van der Waals surface area contributed by atoms with Crippen LogP contribution in [0.1, 0.15) is 17.2 Å². The van der Waals surface area contributed by atoms with Crippen LogP contribution >= 0.6 is 0 Å². The van der Waals surface area contributed by atoms with Gasteiger partial charge in [-0.05, 0) is 23.8 Å². The minimum atomic E-state index is -0.777. The first-order valence-corrected chi connectivity index (χ1v) is 6.27. The lowest BCUT2D eigenvalue weighted by Gasteiger charge is -2.13. The second-order valence-electron chi connectivity index (χ2n) is 4.80. The predicted octanol–water partition coefficient (Wildman–Crippen LogP) is 2.46. The number of hydrogen-bond donors (Lipinski definition) is 1. The Morgan fingerprint density at radius 3 is 2.67 bits per heavy atom. The Balaban J connectivity index is 2.09. The van der Waals surface area contributed by atoms with Gasteiger partial charge in [0.2, 0.25) is 0 Å². The quantitative estimate of drug-likeness (QED) is 0.788. The van der Waals surface area contributed by atoms with Crippen molar-refractivity contribution in [1.29, 1.82) is 0 Å². The number of halogens is 2. The summed E-state index contributed by atoms with van der Waals surface area (Å²) in [5.41, 5.74) is 7.75. The van der Waals surface area contributed by atoms with Gasteiger partial charge in [0.1, 0.15) is 11.6 Å². The van der Waals surface area contributed by atoms with Crippen molar-refractivity contribution in [3.8, 4) is 0 Å². The van der Waals surface area contributed by atoms with Gasteiger partial charge in [0.25, 0.3) is 0 Å². The molecule has 1 aromatic heterocycles. The number of nitrogens with zero attached hydrogens (tertiary/aromatic N) is 1. The molecule has 0 aliphatic rings. The topological polar surface area (TPSA) is 61.2 Å². The summed E-state index contributed by atoms with van der Waals surface area (Å²) in [4.78, 5) is 11.4. The first-order chi connectivity index (χ1) is 9.97. The molecule has 0 fully saturated rings. The maximum absolute atomic E-state index is 13.8. The fourth-order valence-electron chi connectivity index (χ4n) is 2.28. The van der Waals surface area contributed by atoms with E-state index < -0.39 is 23.4 Å². The third-order valence-corrected chi connectivity index (χ3v) is 3.47. The average molecular weight is 290 g/mol. The number of fused-ring (bicyclic) bond motifs is 1. The van der Waals surface area contributed by atoms with Crippen molar-refractivity contribution in [1.82, 2.24) is 4.57 Å². The second kappa shape index (κ2) is 4.82. The Labute approximate surface area is 118 Å². The lowest BCUT2D eigenvalue weighted by atomic mass is 9.99. The fourth-order valence-corrected chi connectivity index (χ4v) is 2.28. The standard InChI is InChI=1S/C15H12F2N2O2/c1-19-12-5-2-8(6-13(12)21-15(19)20)14(18)10-4-3-9(16)7-11(10)17/h2-7,14H,18H2,1H3. The molecule has 6 heteroatoms. The third-order valence-electron chi connectivity index (χ3n) is 3.47. The predicted molar refractivity (Wildman–Crippen MR) is 73.8 cm³/mol. The molecule has 21 heavy (non-hydrogen) atoms. The largest absolute Gasteiger partial charge is 0.419 e. The minimum Gasteiger partial charge on any atom is -0.408 e. The molecule has 1 heterocycles. The van der Waals surface area contributed by atoms with Crippen LogP contribution < -0.4 is 11.5 Å². The molecule has 0 aliphatic heterocycles. The van der Waals surface area contributed by atoms with E-state index in [1.165, 1.54) is 10.6 Å². The lowest BCUT2D eigenvalue weighted by molar-refractivity contribution is 0.527. The molecule has 2 N–H and O–H groups in total. The van der Waals surface area contributed by atoms with Crippen LogP contribution in [0.3, 0.4) is 0 Å². The molecule has 0 radical (unpaired) electrons. The molecule has 4 nitrogen and oxygen atoms in total. The number of rotatable bonds is 2. The molecular weight excluding hydrogens is 278 g/mol. The Hall–Kier alpha value is -2.47. The summed E-state index contributed by atoms with van der Waals surface area (Å²) in [5, 5.41) is 0. The maximum atomic E-state index is 13.8. The van der Waals surface area contributed by atoms with Crippen molar-refractivity contribution in [2.75, 3.05) is 0 Å². The zero-order valence-electron chi connectivity index (χ0n) is 11.1. The van der Waals surface area contributed by atoms with Crippen LogP contribution in [0.25, 0.3) is 11.1 Å². The smallest absolute Gasteiger partial charge is 0.408 e. The van der Waals surface area contributed by atoms with Crippen LogP contribution in [0, 0.1) is 11.6 Å². The van der Waals surface area contributed by atoms with Crippen molar-refractivity contribution >= 4 is 11.1 Å². The highest BCUT2D eigenvalue weighted by atomic mass is 19.1. The van der Waals surface area contributed by atoms with E-state index in [1.807, 2.05) is 0 Å². The molecule has 0 aliphatic carbocycles. The molecule has 0 saturated carbocycles. The summed E-state index contributed by atoms with van der Waals surface area (Å²) in [6, 6.07) is 7.42. The molecule has 1 atom stereocenters. The van der Waals surface area contributed by atoms with E-state index in [4.69, 9.17) is 10.2 Å². The molecule has 0 amide bonds. The molecule has 108 valence electrons. The highest BCUT2D eigenvalue weighted by molar-refractivity contribution is 5.74. The number of nitrogens with two attached hydrogens (primary N) is 1. The van der Waals surface area contributed by atoms with Gasteiger partial charge in [-0.15, -0.1) is 0 Å². The van der Waals surface area contributed by atoms with E-state index in [2.05, 4.69) is 0 Å². The highest BCUT2D eigenvalue weighted by Gasteiger charge is 2.16. The van der Waals surface area contributed by atoms with Crippen LogP contribution in [0.2, 0.25) is 0 Å². The van der Waals surface area contributed by atoms with E-state index in [0.29, 0.717) is 16.7 Å². The summed E-state index contributed by atoms with van der Waals surface area (Å²) in [6.07, 6.45) is 0. The molecule has 0 bridgehead atoms. The third kappa shape index (κ3) is 2.23. The van der Waals surface area contributed by atoms with Gasteiger partial charge in [0.15, 0.2) is 5.58 Å². The number of aryl methyl sites for hydroxylation is 1. The monoisotopic (exact) mass is 290 g/mol. The van der Waals surface area contributed by atoms with Crippen molar-refractivity contribution in [2.45, 2.75) is 6.04 Å². The molecule has 1 unspecified atom stereocenters. The molecule has 3 aromatic rings. The average Bonchev–Trinajstić information content (AvgIpc) is 2.73. The molecule has 0 saturated heterocycles. The maximum Gasteiger partial charge on any atom is 0.419 e. The van der Waals surface area contributed by atoms with Crippen LogP contribution in [0.4, 0.5) is 8.78 Å². The van der Waals surface area contributed by atoms with Gasteiger partial charge >= 0.3 is 5.76 Å². The molecule has 0 spiro atoms. The van der Waals surface area contributed by atoms with Gasteiger partial charge in [-0.3, -0.25) is 4.57 Å². The van der Waals surface area contributed by atoms with Crippen molar-refractivity contribution in [2.24, 2.45) is 12.8 Å². The first kappa shape index (κ1) is 13.5. The number of oxazole rings is 1. The van der Waals surface area contributed by atoms with Gasteiger partial charge < -0.3 is 10.2 Å². The van der Waals surface area contributed by atoms with Gasteiger partial charge in [0.05, 0.1) is 11.6 Å². The van der Waals surface area contributed by atoms with E-state index >= 15 is 0 Å². The van der Waals surface area contributed by atoms with Gasteiger partial charge in [-0.25, -0.2) is 13.6 Å². The van der Waals surface area contributed by atoms with Crippen molar-refractivity contribution < 1.29 is 13.2 Å². The van der Waals surface area contributed by atoms with E-state index in [9.17, 15) is 13.6 Å². The molecule has 3 rings (SSSR count). The van der Waals surface area contributed by atoms with Gasteiger partial charge in [-0.1, -0.05) is 12.1 Å². The summed E-state index contributed by atoms with van der Waals surface area (Å²) >= 11 is 0. The fraction of sp³-hybridized carbons (Fsp3) is 0.133. The number of hydrogen-bond acceptors (Lipinski definition) is 3. The summed E-state index contributed by atoms with van der Waals surface area (Å²) in [5.74, 6) is -1.85. The second-order valence-corrected chi connectivity index (χ2v) is 4.80. The normalized spacial score (nSPS) is 12.8. The molecular formula is C15H12F2N2O2. The van der Waals surface area contributed by atoms with Crippen molar-refractivity contribution in [3.05, 3.63) is 69.7 Å². The highest BCUT2D eigenvalue weighted by Crippen LogP contribution is 2.25. The summed E-state index contributed by atoms with van der Waals surface area (Å²) < 4.78 is 33.1. The Bertz CT molecular complexity index is 883. The first-order valence-electron chi connectivity index (χ1n) is 6.27. The zero-order valence-corrected chi connectivity index (χ0v) is 11.1. The van der Waals surface area contributed by atoms with E-state index in [1.54, 1.807) is 25.2 Å². The minimum absolute atomic E-state index is 0.175. The summed E-state index contributed by atoms with van der Waals surface area (Å²) in [6.45, 7) is 0. The van der Waals surface area contributed by atoms with E-state index in [0.717, 1.165) is 12.1 Å².